The van der Waals surface area contributed by atoms with E-state index in [4.69, 9.17) is 0 Å². The molecule has 0 N–H and O–H groups in total. The first kappa shape index (κ1) is 30.5. The van der Waals surface area contributed by atoms with Crippen molar-refractivity contribution in [2.45, 2.75) is 19.3 Å². The fourth-order valence-electron chi connectivity index (χ4n) is 9.38. The molecule has 11 aromatic rings. The van der Waals surface area contributed by atoms with E-state index in [9.17, 15) is 0 Å². The molecule has 0 aliphatic heterocycles. The van der Waals surface area contributed by atoms with Crippen molar-refractivity contribution in [1.82, 2.24) is 4.57 Å². The fraction of sp³-hybridized carbons (Fsp3) is 0.0588. The van der Waals surface area contributed by atoms with Crippen LogP contribution in [0.3, 0.4) is 0 Å². The van der Waals surface area contributed by atoms with Gasteiger partial charge in [0.1, 0.15) is 0 Å². The standard InChI is InChI=1S/C51H33NS2/c1-51(2)42-25-24-39-37-14-7-9-18-47(37)54-50(39)48(42)40-23-20-30(28-43(40)51)31-19-22-35-41-27-32(21-26-44(41)52(45(35)29-31)33-11-4-3-5-12-33)34-15-10-16-38-36-13-6-8-17-46(36)53-49(34)38/h3-29H,1-2H3. The third-order valence-electron chi connectivity index (χ3n) is 12.0. The summed E-state index contributed by atoms with van der Waals surface area (Å²) in [6.07, 6.45) is 0. The topological polar surface area (TPSA) is 4.93 Å². The Kier molecular flexibility index (Phi) is 6.22. The van der Waals surface area contributed by atoms with Crippen LogP contribution < -0.4 is 0 Å². The molecule has 0 spiro atoms. The molecule has 0 unspecified atom stereocenters. The number of rotatable bonds is 3. The third-order valence-corrected chi connectivity index (χ3v) is 14.4. The van der Waals surface area contributed by atoms with Gasteiger partial charge < -0.3 is 4.57 Å². The Balaban J connectivity index is 1.04. The minimum absolute atomic E-state index is 0.0955. The van der Waals surface area contributed by atoms with Gasteiger partial charge in [0, 0.05) is 67.8 Å². The first-order chi connectivity index (χ1) is 26.5. The molecule has 0 bridgehead atoms. The van der Waals surface area contributed by atoms with E-state index in [-0.39, 0.29) is 5.41 Å². The van der Waals surface area contributed by atoms with Crippen LogP contribution in [0.25, 0.3) is 101 Å². The largest absolute Gasteiger partial charge is 0.309 e. The second-order valence-electron chi connectivity index (χ2n) is 15.3. The zero-order valence-corrected chi connectivity index (χ0v) is 31.5. The molecule has 3 heteroatoms. The maximum absolute atomic E-state index is 2.47. The van der Waals surface area contributed by atoms with Crippen molar-refractivity contribution in [2.24, 2.45) is 0 Å². The van der Waals surface area contributed by atoms with Crippen molar-refractivity contribution in [1.29, 1.82) is 0 Å². The van der Waals surface area contributed by atoms with E-state index >= 15 is 0 Å². The molecular formula is C51H33NS2. The summed E-state index contributed by atoms with van der Waals surface area (Å²) in [6.45, 7) is 4.79. The number of aromatic nitrogens is 1. The van der Waals surface area contributed by atoms with Gasteiger partial charge in [-0.1, -0.05) is 129 Å². The van der Waals surface area contributed by atoms with Gasteiger partial charge in [-0.25, -0.2) is 0 Å². The predicted octanol–water partition coefficient (Wildman–Crippen LogP) is 15.2. The van der Waals surface area contributed by atoms with Gasteiger partial charge in [-0.3, -0.25) is 0 Å². The average molecular weight is 724 g/mol. The summed E-state index contributed by atoms with van der Waals surface area (Å²) in [5.74, 6) is 0. The summed E-state index contributed by atoms with van der Waals surface area (Å²) in [4.78, 5) is 0. The second kappa shape index (κ2) is 11.0. The van der Waals surface area contributed by atoms with Crippen LogP contribution in [0.2, 0.25) is 0 Å². The zero-order chi connectivity index (χ0) is 35.7. The van der Waals surface area contributed by atoms with Gasteiger partial charge in [0.2, 0.25) is 0 Å². The van der Waals surface area contributed by atoms with Crippen LogP contribution >= 0.6 is 22.7 Å². The van der Waals surface area contributed by atoms with Crippen LogP contribution in [0.4, 0.5) is 0 Å². The molecule has 1 aliphatic carbocycles. The summed E-state index contributed by atoms with van der Waals surface area (Å²) in [5, 5.41) is 7.93. The molecule has 1 aliphatic rings. The molecule has 3 heterocycles. The molecule has 8 aromatic carbocycles. The Morgan fingerprint density at radius 1 is 0.407 bits per heavy atom. The van der Waals surface area contributed by atoms with Crippen LogP contribution in [-0.4, -0.2) is 4.57 Å². The molecule has 0 atom stereocenters. The van der Waals surface area contributed by atoms with Crippen LogP contribution in [0.15, 0.2) is 164 Å². The van der Waals surface area contributed by atoms with Gasteiger partial charge in [0.05, 0.1) is 11.0 Å². The lowest BCUT2D eigenvalue weighted by atomic mass is 9.81. The average Bonchev–Trinajstić information content (AvgIpc) is 3.94. The predicted molar refractivity (Wildman–Crippen MR) is 235 cm³/mol. The van der Waals surface area contributed by atoms with E-state index in [1.165, 1.54) is 112 Å². The van der Waals surface area contributed by atoms with Gasteiger partial charge in [-0.2, -0.15) is 0 Å². The number of fused-ring (bicyclic) bond motifs is 13. The van der Waals surface area contributed by atoms with Crippen LogP contribution in [-0.2, 0) is 5.41 Å². The van der Waals surface area contributed by atoms with Crippen LogP contribution in [0.5, 0.6) is 0 Å². The minimum Gasteiger partial charge on any atom is -0.309 e. The molecule has 1 nitrogen and oxygen atoms in total. The molecular weight excluding hydrogens is 691 g/mol. The number of hydrogen-bond acceptors (Lipinski definition) is 2. The van der Waals surface area contributed by atoms with Crippen molar-refractivity contribution in [3.05, 3.63) is 175 Å². The van der Waals surface area contributed by atoms with E-state index in [1.54, 1.807) is 0 Å². The Hall–Kier alpha value is -6.00. The van der Waals surface area contributed by atoms with Crippen molar-refractivity contribution in [2.75, 3.05) is 0 Å². The van der Waals surface area contributed by atoms with Gasteiger partial charge in [-0.15, -0.1) is 22.7 Å². The van der Waals surface area contributed by atoms with Crippen molar-refractivity contribution in [3.63, 3.8) is 0 Å². The molecule has 0 radical (unpaired) electrons. The Bertz CT molecular complexity index is 3350. The van der Waals surface area contributed by atoms with E-state index in [0.717, 1.165) is 0 Å². The van der Waals surface area contributed by atoms with E-state index < -0.39 is 0 Å². The summed E-state index contributed by atoms with van der Waals surface area (Å²) < 4.78 is 7.90. The monoisotopic (exact) mass is 723 g/mol. The molecule has 0 amide bonds. The Labute approximate surface area is 321 Å². The van der Waals surface area contributed by atoms with Crippen molar-refractivity contribution in [3.8, 4) is 39.1 Å². The number of hydrogen-bond donors (Lipinski definition) is 0. The molecule has 12 rings (SSSR count). The van der Waals surface area contributed by atoms with Gasteiger partial charge in [0.15, 0.2) is 0 Å². The Morgan fingerprint density at radius 3 is 1.87 bits per heavy atom. The fourth-order valence-corrected chi connectivity index (χ4v) is 11.9. The first-order valence-electron chi connectivity index (χ1n) is 18.7. The van der Waals surface area contributed by atoms with E-state index in [1.807, 2.05) is 22.7 Å². The summed E-state index contributed by atoms with van der Waals surface area (Å²) in [6, 6.07) is 61.3. The SMILES string of the molecule is CC1(C)c2cc(-c3ccc4c5cc(-c6cccc7c6sc6ccccc67)ccc5n(-c5ccccc5)c4c3)ccc2-c2c1ccc1c2sc2ccccc21. The summed E-state index contributed by atoms with van der Waals surface area (Å²) >= 11 is 3.83. The lowest BCUT2D eigenvalue weighted by Crippen LogP contribution is -2.14. The molecule has 3 aromatic heterocycles. The lowest BCUT2D eigenvalue weighted by molar-refractivity contribution is 0.661. The van der Waals surface area contributed by atoms with Gasteiger partial charge in [-0.05, 0) is 87.5 Å². The number of benzene rings is 8. The summed E-state index contributed by atoms with van der Waals surface area (Å²) in [7, 11) is 0. The van der Waals surface area contributed by atoms with Crippen molar-refractivity contribution < 1.29 is 0 Å². The highest BCUT2D eigenvalue weighted by Gasteiger charge is 2.37. The molecule has 0 fully saturated rings. The highest BCUT2D eigenvalue weighted by molar-refractivity contribution is 7.26. The molecule has 0 saturated heterocycles. The lowest BCUT2D eigenvalue weighted by Gasteiger charge is -2.22. The van der Waals surface area contributed by atoms with E-state index in [0.29, 0.717) is 0 Å². The third kappa shape index (κ3) is 4.14. The second-order valence-corrected chi connectivity index (χ2v) is 17.4. The molecule has 0 saturated carbocycles. The van der Waals surface area contributed by atoms with Gasteiger partial charge in [0.25, 0.3) is 0 Å². The smallest absolute Gasteiger partial charge is 0.0547 e. The Morgan fingerprint density at radius 2 is 1.06 bits per heavy atom. The quantitative estimate of drug-likeness (QED) is 0.171. The first-order valence-corrected chi connectivity index (χ1v) is 20.3. The summed E-state index contributed by atoms with van der Waals surface area (Å²) in [5.41, 5.74) is 14.2. The normalized spacial score (nSPS) is 13.5. The van der Waals surface area contributed by atoms with E-state index in [2.05, 4.69) is 182 Å². The van der Waals surface area contributed by atoms with Crippen LogP contribution in [0.1, 0.15) is 25.0 Å². The number of thiophene rings is 2. The van der Waals surface area contributed by atoms with Crippen LogP contribution in [0, 0.1) is 0 Å². The maximum Gasteiger partial charge on any atom is 0.0547 e. The molecule has 254 valence electrons. The highest BCUT2D eigenvalue weighted by atomic mass is 32.1. The van der Waals surface area contributed by atoms with Gasteiger partial charge >= 0.3 is 0 Å². The number of nitrogens with zero attached hydrogens (tertiary/aromatic N) is 1. The number of para-hydroxylation sites is 1. The zero-order valence-electron chi connectivity index (χ0n) is 29.9. The minimum atomic E-state index is -0.0955. The molecule has 54 heavy (non-hydrogen) atoms. The maximum atomic E-state index is 2.47. The highest BCUT2D eigenvalue weighted by Crippen LogP contribution is 2.54. The van der Waals surface area contributed by atoms with Crippen molar-refractivity contribution >= 4 is 84.8 Å².